The van der Waals surface area contributed by atoms with Gasteiger partial charge in [-0.2, -0.15) is 0 Å². The highest BCUT2D eigenvalue weighted by molar-refractivity contribution is 6.00. The Morgan fingerprint density at radius 1 is 1.00 bits per heavy atom. The maximum Gasteiger partial charge on any atom is 0.253 e. The van der Waals surface area contributed by atoms with Crippen molar-refractivity contribution in [3.8, 4) is 11.5 Å². The highest BCUT2D eigenvalue weighted by Gasteiger charge is 2.18. The Balaban J connectivity index is 1.29. The normalized spacial score (nSPS) is 13.9. The van der Waals surface area contributed by atoms with Gasteiger partial charge < -0.3 is 24.8 Å². The molecular formula is C29H35N3O4. The van der Waals surface area contributed by atoms with Gasteiger partial charge in [0.1, 0.15) is 18.1 Å². The summed E-state index contributed by atoms with van der Waals surface area (Å²) in [6, 6.07) is 23.5. The third kappa shape index (κ3) is 7.23. The summed E-state index contributed by atoms with van der Waals surface area (Å²) in [7, 11) is 3.78. The van der Waals surface area contributed by atoms with Crippen molar-refractivity contribution in [2.24, 2.45) is 0 Å². The van der Waals surface area contributed by atoms with E-state index in [1.165, 1.54) is 0 Å². The maximum absolute atomic E-state index is 13.0. The van der Waals surface area contributed by atoms with Gasteiger partial charge in [0.25, 0.3) is 5.91 Å². The molecule has 1 aliphatic rings. The van der Waals surface area contributed by atoms with Crippen molar-refractivity contribution in [3.05, 3.63) is 83.9 Å². The standard InChI is InChI=1S/C29H35N3O4/c1-32(24-14-17-35-18-15-24)16-19-36-26-7-5-6-22(20-26)21-30-29(33)27-8-3-4-9-28(27)31-23-10-12-25(34-2)13-11-23/h3-13,20,24,31H,14-19,21H2,1-2H3,(H,30,33). The lowest BCUT2D eigenvalue weighted by molar-refractivity contribution is 0.0392. The van der Waals surface area contributed by atoms with Crippen LogP contribution in [0.5, 0.6) is 11.5 Å². The van der Waals surface area contributed by atoms with Crippen LogP contribution in [0.4, 0.5) is 11.4 Å². The topological polar surface area (TPSA) is 72.1 Å². The fourth-order valence-electron chi connectivity index (χ4n) is 4.26. The van der Waals surface area contributed by atoms with E-state index in [-0.39, 0.29) is 5.91 Å². The van der Waals surface area contributed by atoms with Crippen LogP contribution in [0.15, 0.2) is 72.8 Å². The molecular weight excluding hydrogens is 454 g/mol. The number of amides is 1. The van der Waals surface area contributed by atoms with E-state index in [1.54, 1.807) is 7.11 Å². The number of likely N-dealkylation sites (N-methyl/N-ethyl adjacent to an activating group) is 1. The number of anilines is 2. The first kappa shape index (κ1) is 25.5. The van der Waals surface area contributed by atoms with Crippen molar-refractivity contribution in [2.75, 3.05) is 45.8 Å². The molecule has 0 atom stereocenters. The molecule has 0 radical (unpaired) electrons. The van der Waals surface area contributed by atoms with E-state index in [9.17, 15) is 4.79 Å². The van der Waals surface area contributed by atoms with Crippen molar-refractivity contribution in [2.45, 2.75) is 25.4 Å². The lowest BCUT2D eigenvalue weighted by Crippen LogP contribution is -2.38. The monoisotopic (exact) mass is 489 g/mol. The predicted octanol–water partition coefficient (Wildman–Crippen LogP) is 4.86. The lowest BCUT2D eigenvalue weighted by atomic mass is 10.1. The lowest BCUT2D eigenvalue weighted by Gasteiger charge is -2.31. The summed E-state index contributed by atoms with van der Waals surface area (Å²) in [6.45, 7) is 3.57. The summed E-state index contributed by atoms with van der Waals surface area (Å²) >= 11 is 0. The average molecular weight is 490 g/mol. The van der Waals surface area contributed by atoms with Crippen molar-refractivity contribution in [3.63, 3.8) is 0 Å². The molecule has 1 amide bonds. The molecule has 4 rings (SSSR count). The molecule has 7 heteroatoms. The number of carbonyl (C=O) groups excluding carboxylic acids is 1. The van der Waals surface area contributed by atoms with Crippen LogP contribution >= 0.6 is 0 Å². The zero-order valence-corrected chi connectivity index (χ0v) is 21.0. The van der Waals surface area contributed by atoms with Crippen LogP contribution in [0.2, 0.25) is 0 Å². The summed E-state index contributed by atoms with van der Waals surface area (Å²) < 4.78 is 16.7. The summed E-state index contributed by atoms with van der Waals surface area (Å²) in [5, 5.41) is 6.35. The number of methoxy groups -OCH3 is 1. The SMILES string of the molecule is COc1ccc(Nc2ccccc2C(=O)NCc2cccc(OCCN(C)C3CCOCC3)c2)cc1. The Morgan fingerprint density at radius 3 is 2.56 bits per heavy atom. The number of hydrogen-bond acceptors (Lipinski definition) is 6. The minimum absolute atomic E-state index is 0.143. The zero-order chi connectivity index (χ0) is 25.2. The minimum atomic E-state index is -0.143. The van der Waals surface area contributed by atoms with E-state index in [4.69, 9.17) is 14.2 Å². The van der Waals surface area contributed by atoms with Gasteiger partial charge in [-0.25, -0.2) is 0 Å². The second kappa shape index (κ2) is 13.0. The molecule has 0 saturated carbocycles. The van der Waals surface area contributed by atoms with Crippen LogP contribution in [0.1, 0.15) is 28.8 Å². The van der Waals surface area contributed by atoms with E-state index in [0.29, 0.717) is 24.8 Å². The third-order valence-electron chi connectivity index (χ3n) is 6.42. The van der Waals surface area contributed by atoms with Crippen LogP contribution < -0.4 is 20.1 Å². The molecule has 190 valence electrons. The number of rotatable bonds is 11. The number of nitrogens with zero attached hydrogens (tertiary/aromatic N) is 1. The Hall–Kier alpha value is -3.55. The van der Waals surface area contributed by atoms with E-state index in [1.807, 2.05) is 72.8 Å². The van der Waals surface area contributed by atoms with Gasteiger partial charge >= 0.3 is 0 Å². The van der Waals surface area contributed by atoms with Gasteiger partial charge in [-0.15, -0.1) is 0 Å². The number of hydrogen-bond donors (Lipinski definition) is 2. The first-order valence-corrected chi connectivity index (χ1v) is 12.4. The van der Waals surface area contributed by atoms with Crippen LogP contribution in [0.3, 0.4) is 0 Å². The molecule has 0 aliphatic carbocycles. The third-order valence-corrected chi connectivity index (χ3v) is 6.42. The van der Waals surface area contributed by atoms with Crippen LogP contribution in [0, 0.1) is 0 Å². The van der Waals surface area contributed by atoms with Gasteiger partial charge in [-0.05, 0) is 74.0 Å². The number of nitrogens with one attached hydrogen (secondary N) is 2. The van der Waals surface area contributed by atoms with E-state index in [2.05, 4.69) is 22.6 Å². The van der Waals surface area contributed by atoms with E-state index < -0.39 is 0 Å². The first-order valence-electron chi connectivity index (χ1n) is 12.4. The molecule has 0 bridgehead atoms. The molecule has 1 aliphatic heterocycles. The van der Waals surface area contributed by atoms with Gasteiger partial charge in [0, 0.05) is 38.0 Å². The number of ether oxygens (including phenoxy) is 3. The maximum atomic E-state index is 13.0. The van der Waals surface area contributed by atoms with Crippen molar-refractivity contribution in [1.82, 2.24) is 10.2 Å². The number of carbonyl (C=O) groups is 1. The largest absolute Gasteiger partial charge is 0.497 e. The molecule has 3 aromatic rings. The minimum Gasteiger partial charge on any atom is -0.497 e. The average Bonchev–Trinajstić information content (AvgIpc) is 2.93. The van der Waals surface area contributed by atoms with Gasteiger partial charge in [-0.3, -0.25) is 9.69 Å². The van der Waals surface area contributed by atoms with Gasteiger partial charge in [-0.1, -0.05) is 24.3 Å². The molecule has 0 aromatic heterocycles. The fraction of sp³-hybridized carbons (Fsp3) is 0.345. The van der Waals surface area contributed by atoms with Crippen molar-refractivity contribution in [1.29, 1.82) is 0 Å². The quantitative estimate of drug-likeness (QED) is 0.401. The Morgan fingerprint density at radius 2 is 1.78 bits per heavy atom. The van der Waals surface area contributed by atoms with Gasteiger partial charge in [0.05, 0.1) is 18.4 Å². The molecule has 0 spiro atoms. The Labute approximate surface area is 213 Å². The van der Waals surface area contributed by atoms with Crippen molar-refractivity contribution >= 4 is 17.3 Å². The van der Waals surface area contributed by atoms with Crippen LogP contribution in [0.25, 0.3) is 0 Å². The summed E-state index contributed by atoms with van der Waals surface area (Å²) in [4.78, 5) is 15.3. The zero-order valence-electron chi connectivity index (χ0n) is 21.0. The molecule has 1 heterocycles. The van der Waals surface area contributed by atoms with E-state index >= 15 is 0 Å². The Kier molecular flexibility index (Phi) is 9.19. The molecule has 0 unspecified atom stereocenters. The summed E-state index contributed by atoms with van der Waals surface area (Å²) in [5.41, 5.74) is 3.19. The van der Waals surface area contributed by atoms with E-state index in [0.717, 1.165) is 61.0 Å². The molecule has 3 aromatic carbocycles. The first-order chi connectivity index (χ1) is 17.6. The highest BCUT2D eigenvalue weighted by atomic mass is 16.5. The Bertz CT molecular complexity index is 1110. The fourth-order valence-corrected chi connectivity index (χ4v) is 4.26. The summed E-state index contributed by atoms with van der Waals surface area (Å²) in [5.74, 6) is 1.45. The van der Waals surface area contributed by atoms with Gasteiger partial charge in [0.2, 0.25) is 0 Å². The highest BCUT2D eigenvalue weighted by Crippen LogP contribution is 2.23. The van der Waals surface area contributed by atoms with Crippen LogP contribution in [-0.2, 0) is 11.3 Å². The molecule has 7 nitrogen and oxygen atoms in total. The molecule has 36 heavy (non-hydrogen) atoms. The predicted molar refractivity (Wildman–Crippen MR) is 142 cm³/mol. The molecule has 2 N–H and O–H groups in total. The smallest absolute Gasteiger partial charge is 0.253 e. The molecule has 1 fully saturated rings. The molecule has 1 saturated heterocycles. The summed E-state index contributed by atoms with van der Waals surface area (Å²) in [6.07, 6.45) is 2.15. The van der Waals surface area contributed by atoms with Crippen molar-refractivity contribution < 1.29 is 19.0 Å². The number of benzene rings is 3. The number of para-hydroxylation sites is 1. The second-order valence-corrected chi connectivity index (χ2v) is 8.90. The van der Waals surface area contributed by atoms with Crippen LogP contribution in [-0.4, -0.2) is 57.4 Å². The van der Waals surface area contributed by atoms with Gasteiger partial charge in [0.15, 0.2) is 0 Å². The second-order valence-electron chi connectivity index (χ2n) is 8.90.